The molecule has 0 aliphatic heterocycles. The molecule has 2 aromatic carbocycles. The molecule has 98 valence electrons. The van der Waals surface area contributed by atoms with Gasteiger partial charge in [-0.25, -0.2) is 0 Å². The zero-order valence-electron chi connectivity index (χ0n) is 10.7. The Morgan fingerprint density at radius 1 is 1.11 bits per heavy atom. The van der Waals surface area contributed by atoms with Crippen molar-refractivity contribution in [2.75, 3.05) is 5.75 Å². The maximum Gasteiger partial charge on any atom is 0.147 e. The van der Waals surface area contributed by atoms with E-state index in [1.165, 1.54) is 17.3 Å². The molecule has 0 saturated carbocycles. The summed E-state index contributed by atoms with van der Waals surface area (Å²) in [4.78, 5) is 12.9. The molecule has 0 radical (unpaired) electrons. The summed E-state index contributed by atoms with van der Waals surface area (Å²) in [5.74, 6) is 0.672. The van der Waals surface area contributed by atoms with Crippen molar-refractivity contribution in [2.24, 2.45) is 0 Å². The number of rotatable bonds is 5. The zero-order chi connectivity index (χ0) is 13.7. The number of benzene rings is 2. The molecule has 0 atom stereocenters. The monoisotopic (exact) mass is 290 g/mol. The van der Waals surface area contributed by atoms with Gasteiger partial charge in [-0.15, -0.1) is 11.8 Å². The summed E-state index contributed by atoms with van der Waals surface area (Å²) < 4.78 is 0. The molecule has 0 saturated heterocycles. The quantitative estimate of drug-likeness (QED) is 0.751. The molecule has 0 aliphatic rings. The lowest BCUT2D eigenvalue weighted by Gasteiger charge is -2.04. The second-order valence-corrected chi connectivity index (χ2v) is 5.84. The summed E-state index contributed by atoms with van der Waals surface area (Å²) in [6.07, 6.45) is 0.484. The fraction of sp³-hybridized carbons (Fsp3) is 0.188. The van der Waals surface area contributed by atoms with Gasteiger partial charge in [0.15, 0.2) is 0 Å². The van der Waals surface area contributed by atoms with Crippen molar-refractivity contribution in [2.45, 2.75) is 18.2 Å². The average Bonchev–Trinajstić information content (AvgIpc) is 2.40. The van der Waals surface area contributed by atoms with Crippen molar-refractivity contribution in [1.82, 2.24) is 0 Å². The molecule has 0 unspecified atom stereocenters. The minimum atomic E-state index is 0.216. The molecule has 0 aliphatic carbocycles. The fourth-order valence-electron chi connectivity index (χ4n) is 1.70. The molecule has 1 nitrogen and oxygen atoms in total. The third-order valence-electron chi connectivity index (χ3n) is 2.75. The van der Waals surface area contributed by atoms with E-state index in [0.29, 0.717) is 17.2 Å². The Morgan fingerprint density at radius 2 is 1.79 bits per heavy atom. The van der Waals surface area contributed by atoms with E-state index in [9.17, 15) is 4.79 Å². The number of carbonyl (C=O) groups is 1. The second-order valence-electron chi connectivity index (χ2n) is 4.42. The minimum absolute atomic E-state index is 0.216. The van der Waals surface area contributed by atoms with Crippen LogP contribution in [0.5, 0.6) is 0 Å². The van der Waals surface area contributed by atoms with E-state index in [-0.39, 0.29) is 5.78 Å². The molecule has 19 heavy (non-hydrogen) atoms. The standard InChI is InChI=1S/C16H15ClOS/c1-12-6-8-13(9-7-12)10-14(18)11-19-16-5-3-2-4-15(16)17/h2-9H,10-11H2,1H3. The highest BCUT2D eigenvalue weighted by atomic mass is 35.5. The first-order valence-electron chi connectivity index (χ1n) is 6.10. The summed E-state index contributed by atoms with van der Waals surface area (Å²) in [6, 6.07) is 15.7. The van der Waals surface area contributed by atoms with Gasteiger partial charge in [-0.05, 0) is 24.6 Å². The normalized spacial score (nSPS) is 10.4. The minimum Gasteiger partial charge on any atom is -0.298 e. The lowest BCUT2D eigenvalue weighted by atomic mass is 10.1. The molecule has 0 aromatic heterocycles. The topological polar surface area (TPSA) is 17.1 Å². The van der Waals surface area contributed by atoms with Crippen molar-refractivity contribution in [3.8, 4) is 0 Å². The Morgan fingerprint density at radius 3 is 2.47 bits per heavy atom. The average molecular weight is 291 g/mol. The number of ketones is 1. The van der Waals surface area contributed by atoms with Crippen LogP contribution in [0.15, 0.2) is 53.4 Å². The van der Waals surface area contributed by atoms with E-state index in [1.807, 2.05) is 55.5 Å². The number of thioether (sulfide) groups is 1. The molecular weight excluding hydrogens is 276 g/mol. The fourth-order valence-corrected chi connectivity index (χ4v) is 2.80. The molecule has 0 bridgehead atoms. The Balaban J connectivity index is 1.88. The van der Waals surface area contributed by atoms with E-state index >= 15 is 0 Å². The van der Waals surface area contributed by atoms with Crippen LogP contribution in [0, 0.1) is 6.92 Å². The molecular formula is C16H15ClOS. The molecule has 2 aromatic rings. The number of Topliss-reactive ketones (excluding diaryl/α,β-unsaturated/α-hetero) is 1. The van der Waals surface area contributed by atoms with Crippen LogP contribution < -0.4 is 0 Å². The Labute approximate surface area is 123 Å². The lowest BCUT2D eigenvalue weighted by molar-refractivity contribution is -0.116. The van der Waals surface area contributed by atoms with Crippen LogP contribution in [0.4, 0.5) is 0 Å². The predicted molar refractivity (Wildman–Crippen MR) is 82.1 cm³/mol. The van der Waals surface area contributed by atoms with Gasteiger partial charge >= 0.3 is 0 Å². The highest BCUT2D eigenvalue weighted by molar-refractivity contribution is 8.00. The van der Waals surface area contributed by atoms with Gasteiger partial charge in [0.05, 0.1) is 10.8 Å². The number of carbonyl (C=O) groups excluding carboxylic acids is 1. The van der Waals surface area contributed by atoms with E-state index in [2.05, 4.69) is 0 Å². The zero-order valence-corrected chi connectivity index (χ0v) is 12.3. The van der Waals surface area contributed by atoms with Crippen molar-refractivity contribution in [1.29, 1.82) is 0 Å². The maximum absolute atomic E-state index is 11.9. The van der Waals surface area contributed by atoms with Gasteiger partial charge in [0.2, 0.25) is 0 Å². The predicted octanol–water partition coefficient (Wildman–Crippen LogP) is 4.55. The van der Waals surface area contributed by atoms with Crippen molar-refractivity contribution < 1.29 is 4.79 Å². The van der Waals surface area contributed by atoms with E-state index in [1.54, 1.807) is 0 Å². The summed E-state index contributed by atoms with van der Waals surface area (Å²) in [5, 5.41) is 0.704. The Kier molecular flexibility index (Phi) is 5.06. The number of halogens is 1. The van der Waals surface area contributed by atoms with Gasteiger partial charge in [0.25, 0.3) is 0 Å². The number of aryl methyl sites for hydroxylation is 1. The van der Waals surface area contributed by atoms with Crippen molar-refractivity contribution in [3.63, 3.8) is 0 Å². The van der Waals surface area contributed by atoms with Gasteiger partial charge in [-0.3, -0.25) is 4.79 Å². The molecule has 0 fully saturated rings. The van der Waals surface area contributed by atoms with Crippen LogP contribution in [-0.4, -0.2) is 11.5 Å². The van der Waals surface area contributed by atoms with Crippen LogP contribution in [0.1, 0.15) is 11.1 Å². The van der Waals surface area contributed by atoms with Crippen LogP contribution in [0.3, 0.4) is 0 Å². The molecule has 0 spiro atoms. The molecule has 0 amide bonds. The van der Waals surface area contributed by atoms with Gasteiger partial charge in [-0.1, -0.05) is 53.6 Å². The first-order valence-corrected chi connectivity index (χ1v) is 7.46. The summed E-state index contributed by atoms with van der Waals surface area (Å²) >= 11 is 7.55. The lowest BCUT2D eigenvalue weighted by Crippen LogP contribution is -2.05. The molecule has 2 rings (SSSR count). The second kappa shape index (κ2) is 6.78. The summed E-state index contributed by atoms with van der Waals surface area (Å²) in [6.45, 7) is 2.04. The molecule has 0 N–H and O–H groups in total. The Bertz CT molecular complexity index is 563. The third kappa shape index (κ3) is 4.41. The first kappa shape index (κ1) is 14.2. The van der Waals surface area contributed by atoms with Crippen LogP contribution in [-0.2, 0) is 11.2 Å². The summed E-state index contributed by atoms with van der Waals surface area (Å²) in [5.41, 5.74) is 2.27. The number of hydrogen-bond donors (Lipinski definition) is 0. The van der Waals surface area contributed by atoms with Crippen molar-refractivity contribution >= 4 is 29.1 Å². The van der Waals surface area contributed by atoms with E-state index in [4.69, 9.17) is 11.6 Å². The van der Waals surface area contributed by atoms with Crippen LogP contribution >= 0.6 is 23.4 Å². The van der Waals surface area contributed by atoms with Crippen LogP contribution in [0.2, 0.25) is 5.02 Å². The highest BCUT2D eigenvalue weighted by Gasteiger charge is 2.06. The Hall–Kier alpha value is -1.25. The molecule has 3 heteroatoms. The summed E-state index contributed by atoms with van der Waals surface area (Å²) in [7, 11) is 0. The van der Waals surface area contributed by atoms with Gasteiger partial charge in [-0.2, -0.15) is 0 Å². The van der Waals surface area contributed by atoms with Crippen molar-refractivity contribution in [3.05, 3.63) is 64.7 Å². The third-order valence-corrected chi connectivity index (χ3v) is 4.32. The van der Waals surface area contributed by atoms with Gasteiger partial charge in [0, 0.05) is 11.3 Å². The molecule has 0 heterocycles. The largest absolute Gasteiger partial charge is 0.298 e. The van der Waals surface area contributed by atoms with E-state index < -0.39 is 0 Å². The number of hydrogen-bond acceptors (Lipinski definition) is 2. The van der Waals surface area contributed by atoms with Crippen LogP contribution in [0.25, 0.3) is 0 Å². The first-order chi connectivity index (χ1) is 9.15. The van der Waals surface area contributed by atoms with Gasteiger partial charge in [0.1, 0.15) is 5.78 Å². The smallest absolute Gasteiger partial charge is 0.147 e. The van der Waals surface area contributed by atoms with Gasteiger partial charge < -0.3 is 0 Å². The highest BCUT2D eigenvalue weighted by Crippen LogP contribution is 2.26. The SMILES string of the molecule is Cc1ccc(CC(=O)CSc2ccccc2Cl)cc1. The van der Waals surface area contributed by atoms with E-state index in [0.717, 1.165) is 10.5 Å². The maximum atomic E-state index is 11.9.